The molecule has 3 aromatic rings. The molecular formula is C23H23O2P. The molecule has 0 saturated heterocycles. The first-order valence-corrected chi connectivity index (χ1v) is 10.4. The van der Waals surface area contributed by atoms with Crippen molar-refractivity contribution < 1.29 is 9.36 Å². The second kappa shape index (κ2) is 7.05. The summed E-state index contributed by atoms with van der Waals surface area (Å²) in [6.45, 7) is 6.23. The summed E-state index contributed by atoms with van der Waals surface area (Å²) < 4.78 is 14.4. The lowest BCUT2D eigenvalue weighted by atomic mass is 9.87. The number of carbonyl (C=O) groups is 1. The standard InChI is InChI=1S/C23H23O2P/c1-23(2,3)20-16-10-11-17-21(20)26(25,19-14-8-5-9-15-19)22(24)18-12-6-4-7-13-18/h4-17H,1-3H3. The summed E-state index contributed by atoms with van der Waals surface area (Å²) in [6, 6.07) is 25.7. The van der Waals surface area contributed by atoms with Gasteiger partial charge in [-0.15, -0.1) is 0 Å². The van der Waals surface area contributed by atoms with Gasteiger partial charge in [-0.3, -0.25) is 4.79 Å². The molecule has 26 heavy (non-hydrogen) atoms. The zero-order valence-corrected chi connectivity index (χ0v) is 16.2. The lowest BCUT2D eigenvalue weighted by Crippen LogP contribution is -2.29. The largest absolute Gasteiger partial charge is 0.305 e. The van der Waals surface area contributed by atoms with Crippen molar-refractivity contribution in [3.05, 3.63) is 96.1 Å². The SMILES string of the molecule is CC(C)(C)c1ccccc1P(=O)(C(=O)c1ccccc1)c1ccccc1. The van der Waals surface area contributed by atoms with Crippen molar-refractivity contribution in [2.45, 2.75) is 26.2 Å². The molecule has 1 atom stereocenters. The monoisotopic (exact) mass is 362 g/mol. The summed E-state index contributed by atoms with van der Waals surface area (Å²) in [4.78, 5) is 13.5. The summed E-state index contributed by atoms with van der Waals surface area (Å²) in [5.41, 5.74) is 0.874. The zero-order valence-electron chi connectivity index (χ0n) is 15.3. The van der Waals surface area contributed by atoms with Crippen molar-refractivity contribution in [2.24, 2.45) is 0 Å². The maximum Gasteiger partial charge on any atom is 0.230 e. The quantitative estimate of drug-likeness (QED) is 0.602. The fourth-order valence-corrected chi connectivity index (χ4v) is 6.03. The number of hydrogen-bond acceptors (Lipinski definition) is 2. The van der Waals surface area contributed by atoms with E-state index in [9.17, 15) is 9.36 Å². The second-order valence-electron chi connectivity index (χ2n) is 7.38. The van der Waals surface area contributed by atoms with E-state index in [2.05, 4.69) is 20.8 Å². The molecule has 0 N–H and O–H groups in total. The Bertz CT molecular complexity index is 954. The molecule has 1 unspecified atom stereocenters. The molecule has 0 aromatic heterocycles. The number of carbonyl (C=O) groups excluding carboxylic acids is 1. The molecule has 3 aromatic carbocycles. The summed E-state index contributed by atoms with van der Waals surface area (Å²) in [5, 5.41) is 1.21. The third-order valence-electron chi connectivity index (χ3n) is 4.48. The predicted molar refractivity (Wildman–Crippen MR) is 109 cm³/mol. The Balaban J connectivity index is 2.32. The minimum absolute atomic E-state index is 0.224. The minimum Gasteiger partial charge on any atom is -0.305 e. The van der Waals surface area contributed by atoms with Gasteiger partial charge in [-0.25, -0.2) is 0 Å². The average Bonchev–Trinajstić information content (AvgIpc) is 2.67. The molecule has 0 amide bonds. The topological polar surface area (TPSA) is 34.1 Å². The van der Waals surface area contributed by atoms with E-state index in [4.69, 9.17) is 0 Å². The van der Waals surface area contributed by atoms with Gasteiger partial charge in [0.25, 0.3) is 0 Å². The van der Waals surface area contributed by atoms with Gasteiger partial charge < -0.3 is 4.57 Å². The van der Waals surface area contributed by atoms with Gasteiger partial charge in [-0.05, 0) is 11.0 Å². The first kappa shape index (κ1) is 18.4. The first-order chi connectivity index (χ1) is 12.3. The van der Waals surface area contributed by atoms with E-state index in [-0.39, 0.29) is 10.9 Å². The van der Waals surface area contributed by atoms with Crippen LogP contribution in [0.25, 0.3) is 0 Å². The molecule has 3 rings (SSSR count). The summed E-state index contributed by atoms with van der Waals surface area (Å²) >= 11 is 0. The second-order valence-corrected chi connectivity index (χ2v) is 10.0. The molecule has 0 aliphatic rings. The normalized spacial score (nSPS) is 13.8. The Hall–Kier alpha value is -2.44. The van der Waals surface area contributed by atoms with E-state index < -0.39 is 7.14 Å². The Kier molecular flexibility index (Phi) is 4.98. The van der Waals surface area contributed by atoms with Crippen LogP contribution >= 0.6 is 7.14 Å². The van der Waals surface area contributed by atoms with Crippen LogP contribution in [0.2, 0.25) is 0 Å². The highest BCUT2D eigenvalue weighted by Gasteiger charge is 2.39. The molecule has 0 aliphatic carbocycles. The van der Waals surface area contributed by atoms with E-state index in [1.165, 1.54) is 0 Å². The van der Waals surface area contributed by atoms with E-state index >= 15 is 0 Å². The Labute approximate surface area is 155 Å². The highest BCUT2D eigenvalue weighted by molar-refractivity contribution is 7.93. The van der Waals surface area contributed by atoms with Crippen LogP contribution in [0.3, 0.4) is 0 Å². The van der Waals surface area contributed by atoms with Gasteiger partial charge in [-0.1, -0.05) is 106 Å². The van der Waals surface area contributed by atoms with Crippen molar-refractivity contribution >= 4 is 23.3 Å². The van der Waals surface area contributed by atoms with Crippen LogP contribution in [-0.4, -0.2) is 5.52 Å². The van der Waals surface area contributed by atoms with E-state index in [0.717, 1.165) is 5.56 Å². The van der Waals surface area contributed by atoms with Gasteiger partial charge in [0.05, 0.1) is 0 Å². The van der Waals surface area contributed by atoms with Crippen molar-refractivity contribution in [1.29, 1.82) is 0 Å². The molecule has 0 heterocycles. The average molecular weight is 362 g/mol. The maximum atomic E-state index is 14.4. The van der Waals surface area contributed by atoms with E-state index in [1.54, 1.807) is 36.4 Å². The third-order valence-corrected chi connectivity index (χ3v) is 7.40. The minimum atomic E-state index is -3.51. The van der Waals surface area contributed by atoms with E-state index in [0.29, 0.717) is 16.2 Å². The van der Waals surface area contributed by atoms with Crippen LogP contribution in [0, 0.1) is 0 Å². The van der Waals surface area contributed by atoms with Crippen molar-refractivity contribution in [2.75, 3.05) is 0 Å². The van der Waals surface area contributed by atoms with Crippen molar-refractivity contribution in [3.63, 3.8) is 0 Å². The highest BCUT2D eigenvalue weighted by atomic mass is 31.2. The molecule has 132 valence electrons. The molecule has 0 bridgehead atoms. The van der Waals surface area contributed by atoms with Gasteiger partial charge in [0.2, 0.25) is 12.7 Å². The number of benzene rings is 3. The molecule has 3 heteroatoms. The fourth-order valence-electron chi connectivity index (χ4n) is 3.15. The summed E-state index contributed by atoms with van der Waals surface area (Å²) in [5.74, 6) is 0. The van der Waals surface area contributed by atoms with Gasteiger partial charge in [0.1, 0.15) is 0 Å². The number of rotatable bonds is 4. The molecule has 0 saturated carbocycles. The van der Waals surface area contributed by atoms with Gasteiger partial charge in [0, 0.05) is 16.2 Å². The smallest absolute Gasteiger partial charge is 0.230 e. The third kappa shape index (κ3) is 3.30. The Morgan fingerprint density at radius 1 is 0.731 bits per heavy atom. The first-order valence-electron chi connectivity index (χ1n) is 8.71. The van der Waals surface area contributed by atoms with Gasteiger partial charge in [-0.2, -0.15) is 0 Å². The highest BCUT2D eigenvalue weighted by Crippen LogP contribution is 2.48. The van der Waals surface area contributed by atoms with Crippen LogP contribution in [0.4, 0.5) is 0 Å². The lowest BCUT2D eigenvalue weighted by Gasteiger charge is -2.27. The van der Waals surface area contributed by atoms with Crippen molar-refractivity contribution in [3.8, 4) is 0 Å². The zero-order chi connectivity index (χ0) is 18.8. The lowest BCUT2D eigenvalue weighted by molar-refractivity contribution is 0.107. The van der Waals surface area contributed by atoms with Gasteiger partial charge >= 0.3 is 0 Å². The van der Waals surface area contributed by atoms with Gasteiger partial charge in [0.15, 0.2) is 0 Å². The molecule has 0 fully saturated rings. The Morgan fingerprint density at radius 3 is 1.81 bits per heavy atom. The molecule has 0 aliphatic heterocycles. The molecule has 0 spiro atoms. The van der Waals surface area contributed by atoms with Crippen LogP contribution in [0.15, 0.2) is 84.9 Å². The van der Waals surface area contributed by atoms with Crippen LogP contribution in [0.1, 0.15) is 36.7 Å². The number of hydrogen-bond donors (Lipinski definition) is 0. The maximum absolute atomic E-state index is 14.4. The van der Waals surface area contributed by atoms with Crippen molar-refractivity contribution in [1.82, 2.24) is 0 Å². The van der Waals surface area contributed by atoms with E-state index in [1.807, 2.05) is 48.5 Å². The van der Waals surface area contributed by atoms with Crippen LogP contribution < -0.4 is 10.6 Å². The Morgan fingerprint density at radius 2 is 1.23 bits per heavy atom. The predicted octanol–water partition coefficient (Wildman–Crippen LogP) is 5.14. The fraction of sp³-hybridized carbons (Fsp3) is 0.174. The summed E-state index contributed by atoms with van der Waals surface area (Å²) in [6.07, 6.45) is 0. The molecular weight excluding hydrogens is 339 g/mol. The summed E-state index contributed by atoms with van der Waals surface area (Å²) in [7, 11) is -3.51. The van der Waals surface area contributed by atoms with Crippen LogP contribution in [-0.2, 0) is 9.98 Å². The molecule has 2 nitrogen and oxygen atoms in total. The molecule has 0 radical (unpaired) electrons. The van der Waals surface area contributed by atoms with Crippen LogP contribution in [0.5, 0.6) is 0 Å².